The Bertz CT molecular complexity index is 417. The van der Waals surface area contributed by atoms with Crippen molar-refractivity contribution in [2.45, 2.75) is 45.9 Å². The molecule has 1 aromatic carbocycles. The Morgan fingerprint density at radius 2 is 1.67 bits per heavy atom. The number of carbonyl (C=O) groups excluding carboxylic acids is 1. The van der Waals surface area contributed by atoms with Crippen LogP contribution in [0.15, 0.2) is 29.2 Å². The van der Waals surface area contributed by atoms with E-state index in [4.69, 9.17) is 0 Å². The SMILES string of the molecule is Cc1ccc(SCCC(=O)NCC(C(C)C)C(C)C)cc1. The van der Waals surface area contributed by atoms with Gasteiger partial charge in [0, 0.05) is 23.6 Å². The molecule has 0 aliphatic carbocycles. The molecular formula is C18H29NOS. The van der Waals surface area contributed by atoms with Crippen molar-refractivity contribution >= 4 is 17.7 Å². The highest BCUT2D eigenvalue weighted by Gasteiger charge is 2.17. The number of hydrogen-bond acceptors (Lipinski definition) is 2. The van der Waals surface area contributed by atoms with Gasteiger partial charge in [-0.15, -0.1) is 11.8 Å². The monoisotopic (exact) mass is 307 g/mol. The first-order chi connectivity index (χ1) is 9.90. The predicted molar refractivity (Wildman–Crippen MR) is 92.7 cm³/mol. The van der Waals surface area contributed by atoms with E-state index in [-0.39, 0.29) is 5.91 Å². The molecule has 3 heteroatoms. The van der Waals surface area contributed by atoms with Crippen molar-refractivity contribution in [3.05, 3.63) is 29.8 Å². The van der Waals surface area contributed by atoms with Crippen molar-refractivity contribution in [2.24, 2.45) is 17.8 Å². The summed E-state index contributed by atoms with van der Waals surface area (Å²) in [7, 11) is 0. The molecular weight excluding hydrogens is 278 g/mol. The van der Waals surface area contributed by atoms with Crippen LogP contribution in [0, 0.1) is 24.7 Å². The number of thioether (sulfide) groups is 1. The maximum atomic E-state index is 11.9. The van der Waals surface area contributed by atoms with Gasteiger partial charge in [-0.25, -0.2) is 0 Å². The first-order valence-corrected chi connectivity index (χ1v) is 8.85. The molecule has 0 aliphatic heterocycles. The van der Waals surface area contributed by atoms with Crippen molar-refractivity contribution in [3.8, 4) is 0 Å². The van der Waals surface area contributed by atoms with Gasteiger partial charge in [-0.05, 0) is 36.8 Å². The van der Waals surface area contributed by atoms with Gasteiger partial charge >= 0.3 is 0 Å². The average Bonchev–Trinajstić information content (AvgIpc) is 2.40. The molecule has 1 aromatic rings. The van der Waals surface area contributed by atoms with Gasteiger partial charge in [0.1, 0.15) is 0 Å². The molecule has 0 spiro atoms. The zero-order chi connectivity index (χ0) is 15.8. The predicted octanol–water partition coefficient (Wildman–Crippen LogP) is 4.52. The van der Waals surface area contributed by atoms with Crippen LogP contribution in [0.5, 0.6) is 0 Å². The number of aryl methyl sites for hydroxylation is 1. The van der Waals surface area contributed by atoms with Crippen molar-refractivity contribution in [3.63, 3.8) is 0 Å². The highest BCUT2D eigenvalue weighted by Crippen LogP contribution is 2.20. The van der Waals surface area contributed by atoms with E-state index in [1.807, 2.05) is 0 Å². The van der Waals surface area contributed by atoms with E-state index in [9.17, 15) is 4.79 Å². The molecule has 0 bridgehead atoms. The Morgan fingerprint density at radius 1 is 1.10 bits per heavy atom. The molecule has 0 saturated heterocycles. The third-order valence-electron chi connectivity index (χ3n) is 3.87. The van der Waals surface area contributed by atoms with Crippen molar-refractivity contribution in [2.75, 3.05) is 12.3 Å². The lowest BCUT2D eigenvalue weighted by atomic mass is 9.85. The molecule has 21 heavy (non-hydrogen) atoms. The van der Waals surface area contributed by atoms with Crippen LogP contribution in [-0.4, -0.2) is 18.2 Å². The summed E-state index contributed by atoms with van der Waals surface area (Å²) in [6, 6.07) is 8.45. The van der Waals surface area contributed by atoms with Crippen molar-refractivity contribution in [1.82, 2.24) is 5.32 Å². The molecule has 0 heterocycles. The molecule has 1 amide bonds. The van der Waals surface area contributed by atoms with E-state index in [0.717, 1.165) is 12.3 Å². The highest BCUT2D eigenvalue weighted by atomic mass is 32.2. The maximum absolute atomic E-state index is 11.9. The van der Waals surface area contributed by atoms with Crippen LogP contribution >= 0.6 is 11.8 Å². The maximum Gasteiger partial charge on any atom is 0.220 e. The fourth-order valence-corrected chi connectivity index (χ4v) is 3.31. The summed E-state index contributed by atoms with van der Waals surface area (Å²) in [5.74, 6) is 2.77. The largest absolute Gasteiger partial charge is 0.356 e. The van der Waals surface area contributed by atoms with E-state index in [1.54, 1.807) is 11.8 Å². The Kier molecular flexibility index (Phi) is 7.87. The fraction of sp³-hybridized carbons (Fsp3) is 0.611. The second-order valence-electron chi connectivity index (χ2n) is 6.37. The molecule has 0 atom stereocenters. The summed E-state index contributed by atoms with van der Waals surface area (Å²) in [6.07, 6.45) is 0.585. The highest BCUT2D eigenvalue weighted by molar-refractivity contribution is 7.99. The lowest BCUT2D eigenvalue weighted by molar-refractivity contribution is -0.121. The van der Waals surface area contributed by atoms with Crippen LogP contribution in [0.1, 0.15) is 39.7 Å². The lowest BCUT2D eigenvalue weighted by Crippen LogP contribution is -2.34. The number of rotatable bonds is 8. The van der Waals surface area contributed by atoms with E-state index in [0.29, 0.717) is 24.2 Å². The van der Waals surface area contributed by atoms with Crippen LogP contribution in [-0.2, 0) is 4.79 Å². The number of amides is 1. The van der Waals surface area contributed by atoms with Gasteiger partial charge in [0.15, 0.2) is 0 Å². The van der Waals surface area contributed by atoms with Crippen LogP contribution in [0.4, 0.5) is 0 Å². The third-order valence-corrected chi connectivity index (χ3v) is 4.88. The molecule has 0 fully saturated rings. The second kappa shape index (κ2) is 9.14. The van der Waals surface area contributed by atoms with E-state index in [1.165, 1.54) is 10.5 Å². The molecule has 0 saturated carbocycles. The van der Waals surface area contributed by atoms with E-state index >= 15 is 0 Å². The quantitative estimate of drug-likeness (QED) is 0.715. The topological polar surface area (TPSA) is 29.1 Å². The Labute approximate surface area is 134 Å². The normalized spacial score (nSPS) is 11.4. The third kappa shape index (κ3) is 7.03. The molecule has 0 aromatic heterocycles. The smallest absolute Gasteiger partial charge is 0.220 e. The average molecular weight is 308 g/mol. The van der Waals surface area contributed by atoms with Crippen LogP contribution in [0.25, 0.3) is 0 Å². The standard InChI is InChI=1S/C18H29NOS/c1-13(2)17(14(3)4)12-19-18(20)10-11-21-16-8-6-15(5)7-9-16/h6-9,13-14,17H,10-12H2,1-5H3,(H,19,20). The van der Waals surface area contributed by atoms with E-state index in [2.05, 4.69) is 64.2 Å². The summed E-state index contributed by atoms with van der Waals surface area (Å²) in [5.41, 5.74) is 1.27. The van der Waals surface area contributed by atoms with Gasteiger partial charge in [0.05, 0.1) is 0 Å². The first-order valence-electron chi connectivity index (χ1n) is 7.86. The summed E-state index contributed by atoms with van der Waals surface area (Å²) in [4.78, 5) is 13.1. The van der Waals surface area contributed by atoms with Gasteiger partial charge in [-0.3, -0.25) is 4.79 Å². The van der Waals surface area contributed by atoms with Crippen molar-refractivity contribution in [1.29, 1.82) is 0 Å². The van der Waals surface area contributed by atoms with Gasteiger partial charge in [-0.1, -0.05) is 45.4 Å². The number of carbonyl (C=O) groups is 1. The molecule has 1 N–H and O–H groups in total. The lowest BCUT2D eigenvalue weighted by Gasteiger charge is -2.25. The number of benzene rings is 1. The van der Waals surface area contributed by atoms with Gasteiger partial charge in [0.2, 0.25) is 5.91 Å². The van der Waals surface area contributed by atoms with Gasteiger partial charge in [-0.2, -0.15) is 0 Å². The summed E-state index contributed by atoms with van der Waals surface area (Å²) >= 11 is 1.74. The second-order valence-corrected chi connectivity index (χ2v) is 7.54. The first kappa shape index (κ1) is 18.1. The van der Waals surface area contributed by atoms with Crippen LogP contribution in [0.2, 0.25) is 0 Å². The zero-order valence-corrected chi connectivity index (χ0v) is 14.8. The van der Waals surface area contributed by atoms with E-state index < -0.39 is 0 Å². The Hall–Kier alpha value is -0.960. The minimum absolute atomic E-state index is 0.168. The molecule has 0 unspecified atom stereocenters. The number of nitrogens with one attached hydrogen (secondary N) is 1. The summed E-state index contributed by atoms with van der Waals surface area (Å²) < 4.78 is 0. The van der Waals surface area contributed by atoms with Crippen molar-refractivity contribution < 1.29 is 4.79 Å². The minimum atomic E-state index is 0.168. The Balaban J connectivity index is 2.26. The molecule has 0 radical (unpaired) electrons. The van der Waals surface area contributed by atoms with Gasteiger partial charge in [0.25, 0.3) is 0 Å². The summed E-state index contributed by atoms with van der Waals surface area (Å²) in [5, 5.41) is 3.09. The van der Waals surface area contributed by atoms with Crippen LogP contribution < -0.4 is 5.32 Å². The fourth-order valence-electron chi connectivity index (χ4n) is 2.46. The van der Waals surface area contributed by atoms with Crippen LogP contribution in [0.3, 0.4) is 0 Å². The number of hydrogen-bond donors (Lipinski definition) is 1. The Morgan fingerprint density at radius 3 is 2.19 bits per heavy atom. The molecule has 118 valence electrons. The molecule has 2 nitrogen and oxygen atoms in total. The minimum Gasteiger partial charge on any atom is -0.356 e. The molecule has 1 rings (SSSR count). The summed E-state index contributed by atoms with van der Waals surface area (Å²) in [6.45, 7) is 11.8. The van der Waals surface area contributed by atoms with Gasteiger partial charge < -0.3 is 5.32 Å². The zero-order valence-electron chi connectivity index (χ0n) is 14.0. The molecule has 0 aliphatic rings.